The number of sulfonamides is 1. The molecule has 0 unspecified atom stereocenters. The number of nitrogens with zero attached hydrogens (tertiary/aromatic N) is 2. The van der Waals surface area contributed by atoms with Gasteiger partial charge in [-0.15, -0.1) is 0 Å². The van der Waals surface area contributed by atoms with Crippen molar-refractivity contribution in [1.82, 2.24) is 25.2 Å². The van der Waals surface area contributed by atoms with E-state index in [0.717, 1.165) is 0 Å². The number of nitrogens with one attached hydrogen (secondary N) is 3. The van der Waals surface area contributed by atoms with Crippen molar-refractivity contribution in [3.8, 4) is 5.75 Å². The van der Waals surface area contributed by atoms with Gasteiger partial charge in [-0.2, -0.15) is 5.10 Å². The molecule has 0 spiro atoms. The van der Waals surface area contributed by atoms with Crippen molar-refractivity contribution in [1.29, 1.82) is 0 Å². The molecule has 26 heavy (non-hydrogen) atoms. The standard InChI is InChI=1S/C15H21N5O4S2/c1-10(2)20-26(22,23)13-8-11(4-5-12(13)24-3)14(21)16-6-7-25-15-17-9-18-19-15/h4-5,8-10,20H,6-7H2,1-3H3,(H,16,21)(H,17,18,19). The summed E-state index contributed by atoms with van der Waals surface area (Å²) in [4.78, 5) is 16.2. The Morgan fingerprint density at radius 1 is 1.38 bits per heavy atom. The molecule has 0 saturated carbocycles. The molecule has 1 heterocycles. The maximum Gasteiger partial charge on any atom is 0.251 e. The topological polar surface area (TPSA) is 126 Å². The number of benzene rings is 1. The number of ether oxygens (including phenoxy) is 1. The van der Waals surface area contributed by atoms with Crippen LogP contribution in [0.4, 0.5) is 0 Å². The SMILES string of the molecule is COc1ccc(C(=O)NCCSc2ncn[nH]2)cc1S(=O)(=O)NC(C)C. The smallest absolute Gasteiger partial charge is 0.251 e. The number of rotatable bonds is 9. The third kappa shape index (κ3) is 5.44. The predicted molar refractivity (Wildman–Crippen MR) is 97.9 cm³/mol. The molecule has 0 bridgehead atoms. The average Bonchev–Trinajstić information content (AvgIpc) is 3.10. The van der Waals surface area contributed by atoms with E-state index in [1.807, 2.05) is 0 Å². The highest BCUT2D eigenvalue weighted by Gasteiger charge is 2.22. The van der Waals surface area contributed by atoms with Gasteiger partial charge in [0, 0.05) is 23.9 Å². The summed E-state index contributed by atoms with van der Waals surface area (Å²) >= 11 is 1.41. The highest BCUT2D eigenvalue weighted by atomic mass is 32.2. The van der Waals surface area contributed by atoms with Crippen molar-refractivity contribution in [2.75, 3.05) is 19.4 Å². The van der Waals surface area contributed by atoms with Crippen LogP contribution in [0.5, 0.6) is 5.75 Å². The van der Waals surface area contributed by atoms with E-state index in [4.69, 9.17) is 4.74 Å². The van der Waals surface area contributed by atoms with Crippen molar-refractivity contribution >= 4 is 27.7 Å². The minimum atomic E-state index is -3.79. The first-order valence-corrected chi connectivity index (χ1v) is 10.3. The highest BCUT2D eigenvalue weighted by Crippen LogP contribution is 2.25. The summed E-state index contributed by atoms with van der Waals surface area (Å²) in [7, 11) is -2.41. The molecule has 0 atom stereocenters. The molecule has 0 aliphatic heterocycles. The van der Waals surface area contributed by atoms with Gasteiger partial charge in [0.2, 0.25) is 10.0 Å². The zero-order chi connectivity index (χ0) is 19.2. The van der Waals surface area contributed by atoms with Crippen LogP contribution in [0.1, 0.15) is 24.2 Å². The summed E-state index contributed by atoms with van der Waals surface area (Å²) in [5, 5.41) is 9.85. The molecule has 1 aromatic heterocycles. The van der Waals surface area contributed by atoms with E-state index in [1.165, 1.54) is 43.4 Å². The summed E-state index contributed by atoms with van der Waals surface area (Å²) in [5.74, 6) is 0.402. The van der Waals surface area contributed by atoms with Gasteiger partial charge in [-0.05, 0) is 32.0 Å². The van der Waals surface area contributed by atoms with Gasteiger partial charge in [0.25, 0.3) is 5.91 Å². The molecule has 11 heteroatoms. The second-order valence-corrected chi connectivity index (χ2v) is 8.30. The molecule has 0 aliphatic carbocycles. The molecule has 3 N–H and O–H groups in total. The first-order valence-electron chi connectivity index (χ1n) is 7.80. The fraction of sp³-hybridized carbons (Fsp3) is 0.400. The van der Waals surface area contributed by atoms with Gasteiger partial charge in [0.1, 0.15) is 17.0 Å². The van der Waals surface area contributed by atoms with E-state index < -0.39 is 10.0 Å². The van der Waals surface area contributed by atoms with Crippen LogP contribution >= 0.6 is 11.8 Å². The second-order valence-electron chi connectivity index (χ2n) is 5.54. The molecule has 9 nitrogen and oxygen atoms in total. The van der Waals surface area contributed by atoms with Crippen molar-refractivity contribution in [3.63, 3.8) is 0 Å². The third-order valence-corrected chi connectivity index (χ3v) is 5.68. The van der Waals surface area contributed by atoms with Crippen LogP contribution in [0.15, 0.2) is 34.6 Å². The van der Waals surface area contributed by atoms with Gasteiger partial charge in [0.15, 0.2) is 5.16 Å². The van der Waals surface area contributed by atoms with Gasteiger partial charge in [-0.1, -0.05) is 11.8 Å². The summed E-state index contributed by atoms with van der Waals surface area (Å²) in [6.07, 6.45) is 1.41. The molecular formula is C15H21N5O4S2. The average molecular weight is 399 g/mol. The van der Waals surface area contributed by atoms with Crippen LogP contribution < -0.4 is 14.8 Å². The minimum absolute atomic E-state index is 0.0719. The lowest BCUT2D eigenvalue weighted by Crippen LogP contribution is -2.31. The van der Waals surface area contributed by atoms with Gasteiger partial charge in [-0.3, -0.25) is 9.89 Å². The molecule has 2 aromatic rings. The predicted octanol–water partition coefficient (Wildman–Crippen LogP) is 1.02. The van der Waals surface area contributed by atoms with E-state index in [-0.39, 0.29) is 28.2 Å². The zero-order valence-corrected chi connectivity index (χ0v) is 16.3. The fourth-order valence-corrected chi connectivity index (χ4v) is 4.16. The van der Waals surface area contributed by atoms with Crippen LogP contribution in [-0.4, -0.2) is 55.0 Å². The zero-order valence-electron chi connectivity index (χ0n) is 14.6. The van der Waals surface area contributed by atoms with Gasteiger partial charge in [0.05, 0.1) is 7.11 Å². The second kappa shape index (κ2) is 9.01. The van der Waals surface area contributed by atoms with Crippen molar-refractivity contribution in [3.05, 3.63) is 30.1 Å². The number of hydrogen-bond acceptors (Lipinski definition) is 7. The number of aromatic amines is 1. The first kappa shape index (κ1) is 20.2. The monoisotopic (exact) mass is 399 g/mol. The van der Waals surface area contributed by atoms with E-state index in [1.54, 1.807) is 13.8 Å². The van der Waals surface area contributed by atoms with E-state index >= 15 is 0 Å². The Morgan fingerprint density at radius 2 is 2.15 bits per heavy atom. The maximum atomic E-state index is 12.4. The van der Waals surface area contributed by atoms with E-state index in [2.05, 4.69) is 25.2 Å². The number of H-pyrrole nitrogens is 1. The number of carbonyl (C=O) groups excluding carboxylic acids is 1. The third-order valence-electron chi connectivity index (χ3n) is 3.13. The summed E-state index contributed by atoms with van der Waals surface area (Å²) in [6, 6.07) is 4.01. The fourth-order valence-electron chi connectivity index (χ4n) is 2.08. The van der Waals surface area contributed by atoms with E-state index in [0.29, 0.717) is 17.5 Å². The molecule has 1 aromatic carbocycles. The normalized spacial score (nSPS) is 11.5. The van der Waals surface area contributed by atoms with Crippen molar-refractivity contribution in [2.45, 2.75) is 29.9 Å². The molecule has 0 aliphatic rings. The lowest BCUT2D eigenvalue weighted by molar-refractivity contribution is 0.0956. The van der Waals surface area contributed by atoms with Crippen LogP contribution in [0.2, 0.25) is 0 Å². The number of amides is 1. The Labute approximate surface area is 156 Å². The van der Waals surface area contributed by atoms with Gasteiger partial charge >= 0.3 is 0 Å². The molecule has 2 rings (SSSR count). The molecular weight excluding hydrogens is 378 g/mol. The Kier molecular flexibility index (Phi) is 7.00. The van der Waals surface area contributed by atoms with Gasteiger partial charge < -0.3 is 10.1 Å². The first-order chi connectivity index (χ1) is 12.3. The Bertz CT molecular complexity index is 838. The summed E-state index contributed by atoms with van der Waals surface area (Å²) in [5.41, 5.74) is 0.236. The number of aromatic nitrogens is 3. The van der Waals surface area contributed by atoms with Crippen LogP contribution in [0, 0.1) is 0 Å². The number of carbonyl (C=O) groups is 1. The Morgan fingerprint density at radius 3 is 2.77 bits per heavy atom. The number of hydrogen-bond donors (Lipinski definition) is 3. The largest absolute Gasteiger partial charge is 0.495 e. The Balaban J connectivity index is 2.06. The lowest BCUT2D eigenvalue weighted by Gasteiger charge is -2.14. The summed E-state index contributed by atoms with van der Waals surface area (Å²) < 4.78 is 32.5. The molecule has 142 valence electrons. The van der Waals surface area contributed by atoms with Crippen molar-refractivity contribution < 1.29 is 17.9 Å². The van der Waals surface area contributed by atoms with Crippen LogP contribution in [0.25, 0.3) is 0 Å². The molecule has 1 amide bonds. The van der Waals surface area contributed by atoms with Gasteiger partial charge in [-0.25, -0.2) is 18.1 Å². The van der Waals surface area contributed by atoms with E-state index in [9.17, 15) is 13.2 Å². The molecule has 0 fully saturated rings. The summed E-state index contributed by atoms with van der Waals surface area (Å²) in [6.45, 7) is 3.82. The minimum Gasteiger partial charge on any atom is -0.495 e. The molecule has 0 radical (unpaired) electrons. The molecule has 0 saturated heterocycles. The Hall–Kier alpha value is -2.11. The number of methoxy groups -OCH3 is 1. The highest BCUT2D eigenvalue weighted by molar-refractivity contribution is 7.99. The lowest BCUT2D eigenvalue weighted by atomic mass is 10.2. The van der Waals surface area contributed by atoms with Crippen molar-refractivity contribution in [2.24, 2.45) is 0 Å². The maximum absolute atomic E-state index is 12.4. The van der Waals surface area contributed by atoms with Crippen LogP contribution in [0.3, 0.4) is 0 Å². The van der Waals surface area contributed by atoms with Crippen LogP contribution in [-0.2, 0) is 10.0 Å². The quantitative estimate of drug-likeness (QED) is 0.424. The number of thioether (sulfide) groups is 1.